The second kappa shape index (κ2) is 14.5. The van der Waals surface area contributed by atoms with Gasteiger partial charge in [0.25, 0.3) is 0 Å². The molecule has 280 valence electrons. The number of para-hydroxylation sites is 3. The lowest BCUT2D eigenvalue weighted by atomic mass is 9.66. The van der Waals surface area contributed by atoms with Crippen molar-refractivity contribution in [1.82, 2.24) is 0 Å². The normalized spacial score (nSPS) is 14.9. The fourth-order valence-corrected chi connectivity index (χ4v) is 9.96. The molecular weight excluding hydrogens is 713 g/mol. The fraction of sp³-hybridized carbons (Fsp3) is 0.0526. The van der Waals surface area contributed by atoms with Crippen molar-refractivity contribution in [2.45, 2.75) is 17.9 Å². The molecule has 0 heterocycles. The van der Waals surface area contributed by atoms with Gasteiger partial charge in [0, 0.05) is 28.4 Å². The SMILES string of the molecule is C1=CCC(N(c2ccccc2)c2ccc3c(c2)C(c2ccccc2)(c2ccccc2)c2c-3c3ccccc3c3cc(N(c4ccccc4)c4ccccc4)ccc23)C=C1. The summed E-state index contributed by atoms with van der Waals surface area (Å²) < 4.78 is 0. The smallest absolute Gasteiger partial charge is 0.0720 e. The van der Waals surface area contributed by atoms with Gasteiger partial charge in [-0.15, -0.1) is 0 Å². The first kappa shape index (κ1) is 34.8. The molecule has 59 heavy (non-hydrogen) atoms. The minimum absolute atomic E-state index is 0.185. The van der Waals surface area contributed by atoms with Crippen molar-refractivity contribution in [3.8, 4) is 11.1 Å². The molecular formula is C57H42N2. The Kier molecular flexibility index (Phi) is 8.56. The summed E-state index contributed by atoms with van der Waals surface area (Å²) in [5, 5.41) is 5.01. The van der Waals surface area contributed by atoms with Crippen LogP contribution in [0.15, 0.2) is 237 Å². The van der Waals surface area contributed by atoms with E-state index in [0.29, 0.717) is 0 Å². The van der Waals surface area contributed by atoms with Crippen LogP contribution < -0.4 is 9.80 Å². The van der Waals surface area contributed by atoms with E-state index in [4.69, 9.17) is 0 Å². The van der Waals surface area contributed by atoms with Crippen molar-refractivity contribution in [2.75, 3.05) is 9.80 Å². The first-order valence-corrected chi connectivity index (χ1v) is 20.6. The van der Waals surface area contributed by atoms with Crippen LogP contribution in [0.4, 0.5) is 28.4 Å². The van der Waals surface area contributed by atoms with E-state index in [1.165, 1.54) is 66.3 Å². The Morgan fingerprint density at radius 1 is 0.407 bits per heavy atom. The van der Waals surface area contributed by atoms with Crippen LogP contribution in [-0.4, -0.2) is 6.04 Å². The molecule has 0 radical (unpaired) electrons. The Hall–Kier alpha value is -7.42. The molecule has 0 saturated heterocycles. The topological polar surface area (TPSA) is 6.48 Å². The molecule has 11 rings (SSSR count). The number of benzene rings is 9. The Bertz CT molecular complexity index is 2930. The number of hydrogen-bond donors (Lipinski definition) is 0. The van der Waals surface area contributed by atoms with Crippen LogP contribution in [0.5, 0.6) is 0 Å². The third kappa shape index (κ3) is 5.63. The summed E-state index contributed by atoms with van der Waals surface area (Å²) in [6.45, 7) is 0. The molecule has 0 saturated carbocycles. The van der Waals surface area contributed by atoms with Gasteiger partial charge in [0.05, 0.1) is 11.5 Å². The van der Waals surface area contributed by atoms with Crippen molar-refractivity contribution in [2.24, 2.45) is 0 Å². The average molecular weight is 755 g/mol. The first-order valence-electron chi connectivity index (χ1n) is 20.6. The summed E-state index contributed by atoms with van der Waals surface area (Å²) in [6.07, 6.45) is 9.91. The molecule has 0 bridgehead atoms. The summed E-state index contributed by atoms with van der Waals surface area (Å²) in [7, 11) is 0. The van der Waals surface area contributed by atoms with E-state index in [2.05, 4.69) is 246 Å². The fourth-order valence-electron chi connectivity index (χ4n) is 9.96. The lowest BCUT2D eigenvalue weighted by Crippen LogP contribution is -2.31. The summed E-state index contributed by atoms with van der Waals surface area (Å²) in [6, 6.07) is 78.4. The molecule has 0 aliphatic heterocycles. The van der Waals surface area contributed by atoms with E-state index in [9.17, 15) is 0 Å². The second-order valence-electron chi connectivity index (χ2n) is 15.6. The van der Waals surface area contributed by atoms with Crippen LogP contribution in [0.2, 0.25) is 0 Å². The van der Waals surface area contributed by atoms with Gasteiger partial charge in [0.2, 0.25) is 0 Å². The molecule has 1 atom stereocenters. The highest BCUT2D eigenvalue weighted by Gasteiger charge is 2.48. The van der Waals surface area contributed by atoms with Gasteiger partial charge in [-0.05, 0) is 122 Å². The van der Waals surface area contributed by atoms with E-state index >= 15 is 0 Å². The highest BCUT2D eigenvalue weighted by Crippen LogP contribution is 2.61. The van der Waals surface area contributed by atoms with Gasteiger partial charge in [0.1, 0.15) is 0 Å². The maximum Gasteiger partial charge on any atom is 0.0720 e. The molecule has 0 spiro atoms. The second-order valence-corrected chi connectivity index (χ2v) is 15.6. The Labute approximate surface area is 346 Å². The molecule has 0 aromatic heterocycles. The third-order valence-electron chi connectivity index (χ3n) is 12.4. The number of allylic oxidation sites excluding steroid dienone is 2. The van der Waals surface area contributed by atoms with Crippen LogP contribution in [0, 0.1) is 0 Å². The summed E-state index contributed by atoms with van der Waals surface area (Å²) in [5.41, 5.74) is 12.9. The van der Waals surface area contributed by atoms with Gasteiger partial charge < -0.3 is 9.80 Å². The average Bonchev–Trinajstić information content (AvgIpc) is 3.63. The van der Waals surface area contributed by atoms with Crippen LogP contribution >= 0.6 is 0 Å². The molecule has 0 N–H and O–H groups in total. The molecule has 2 aliphatic rings. The zero-order valence-corrected chi connectivity index (χ0v) is 32.7. The van der Waals surface area contributed by atoms with Gasteiger partial charge in [-0.25, -0.2) is 0 Å². The van der Waals surface area contributed by atoms with Crippen molar-refractivity contribution < 1.29 is 0 Å². The van der Waals surface area contributed by atoms with Gasteiger partial charge in [0.15, 0.2) is 0 Å². The van der Waals surface area contributed by atoms with Crippen LogP contribution in [0.3, 0.4) is 0 Å². The zero-order chi connectivity index (χ0) is 39.2. The summed E-state index contributed by atoms with van der Waals surface area (Å²) in [5.74, 6) is 0. The molecule has 0 amide bonds. The number of fused-ring (bicyclic) bond motifs is 8. The lowest BCUT2D eigenvalue weighted by molar-refractivity contribution is 0.765. The minimum Gasteiger partial charge on any atom is -0.334 e. The number of hydrogen-bond acceptors (Lipinski definition) is 2. The maximum absolute atomic E-state index is 2.52. The van der Waals surface area contributed by atoms with E-state index in [-0.39, 0.29) is 6.04 Å². The number of nitrogens with zero attached hydrogens (tertiary/aromatic N) is 2. The highest BCUT2D eigenvalue weighted by atomic mass is 15.2. The Morgan fingerprint density at radius 3 is 1.54 bits per heavy atom. The van der Waals surface area contributed by atoms with Crippen molar-refractivity contribution in [1.29, 1.82) is 0 Å². The molecule has 2 nitrogen and oxygen atoms in total. The number of rotatable bonds is 8. The van der Waals surface area contributed by atoms with Crippen molar-refractivity contribution >= 4 is 50.0 Å². The van der Waals surface area contributed by atoms with Crippen molar-refractivity contribution in [3.05, 3.63) is 259 Å². The van der Waals surface area contributed by atoms with Gasteiger partial charge in [-0.2, -0.15) is 0 Å². The van der Waals surface area contributed by atoms with E-state index in [0.717, 1.165) is 23.5 Å². The minimum atomic E-state index is -0.615. The standard InChI is InChI=1S/C57H42N2/c1-7-21-41(22-8-1)57(42-23-9-2-10-24-42)54-40-48(59(45-29-15-5-16-30-45)46-31-17-6-18-32-46)36-38-52(54)55-50-34-20-19-33-49(50)53-39-47(35-37-51(53)56(55)57)58(43-25-11-3-12-26-43)44-27-13-4-14-28-44/h1-31,33-40,46H,32H2. The predicted octanol–water partition coefficient (Wildman–Crippen LogP) is 14.8. The lowest BCUT2D eigenvalue weighted by Gasteiger charge is -2.37. The van der Waals surface area contributed by atoms with E-state index in [1.807, 2.05) is 0 Å². The number of anilines is 5. The van der Waals surface area contributed by atoms with Crippen LogP contribution in [-0.2, 0) is 5.41 Å². The molecule has 2 heteroatoms. The summed E-state index contributed by atoms with van der Waals surface area (Å²) >= 11 is 0. The van der Waals surface area contributed by atoms with Crippen LogP contribution in [0.1, 0.15) is 28.7 Å². The van der Waals surface area contributed by atoms with Crippen molar-refractivity contribution in [3.63, 3.8) is 0 Å². The molecule has 0 fully saturated rings. The zero-order valence-electron chi connectivity index (χ0n) is 32.7. The van der Waals surface area contributed by atoms with E-state index < -0.39 is 5.41 Å². The van der Waals surface area contributed by atoms with Gasteiger partial charge in [-0.1, -0.05) is 176 Å². The van der Waals surface area contributed by atoms with Gasteiger partial charge in [-0.3, -0.25) is 0 Å². The molecule has 1 unspecified atom stereocenters. The Balaban J connectivity index is 1.24. The molecule has 9 aromatic carbocycles. The molecule has 2 aliphatic carbocycles. The Morgan fingerprint density at radius 2 is 0.949 bits per heavy atom. The molecule has 9 aromatic rings. The monoisotopic (exact) mass is 754 g/mol. The van der Waals surface area contributed by atoms with E-state index in [1.54, 1.807) is 0 Å². The first-order chi connectivity index (χ1) is 29.3. The van der Waals surface area contributed by atoms with Gasteiger partial charge >= 0.3 is 0 Å². The quantitative estimate of drug-likeness (QED) is 0.143. The highest BCUT2D eigenvalue weighted by molar-refractivity contribution is 6.20. The largest absolute Gasteiger partial charge is 0.334 e. The summed E-state index contributed by atoms with van der Waals surface area (Å²) in [4.78, 5) is 4.89. The predicted molar refractivity (Wildman–Crippen MR) is 249 cm³/mol. The third-order valence-corrected chi connectivity index (χ3v) is 12.4. The maximum atomic E-state index is 2.52. The van der Waals surface area contributed by atoms with Crippen LogP contribution in [0.25, 0.3) is 32.7 Å².